The molecular formula is C26H33N3O2. The number of carbonyl (C=O) groups excluding carboxylic acids is 2. The molecule has 4 bridgehead atoms. The molecule has 5 aliphatic rings. The Morgan fingerprint density at radius 2 is 1.74 bits per heavy atom. The molecule has 1 aromatic carbocycles. The number of rotatable bonds is 5. The molecule has 0 spiro atoms. The van der Waals surface area contributed by atoms with Crippen molar-refractivity contribution >= 4 is 17.5 Å². The molecule has 4 aliphatic carbocycles. The summed E-state index contributed by atoms with van der Waals surface area (Å²) in [6, 6.07) is 7.48. The summed E-state index contributed by atoms with van der Waals surface area (Å²) in [6.07, 6.45) is 8.87. The first-order valence-corrected chi connectivity index (χ1v) is 12.1. The summed E-state index contributed by atoms with van der Waals surface area (Å²) in [5, 5.41) is 3.43. The molecule has 1 heterocycles. The quantitative estimate of drug-likeness (QED) is 0.722. The first-order chi connectivity index (χ1) is 15.0. The topological polar surface area (TPSA) is 53.8 Å². The molecule has 31 heavy (non-hydrogen) atoms. The van der Waals surface area contributed by atoms with Gasteiger partial charge >= 0.3 is 0 Å². The average Bonchev–Trinajstić information content (AvgIpc) is 3.25. The smallest absolute Gasteiger partial charge is 0.243 e. The van der Waals surface area contributed by atoms with Gasteiger partial charge in [0.05, 0.1) is 6.57 Å². The van der Waals surface area contributed by atoms with Crippen LogP contribution in [0.15, 0.2) is 24.3 Å². The number of likely N-dealkylation sites (tertiary alicyclic amines) is 1. The summed E-state index contributed by atoms with van der Waals surface area (Å²) in [4.78, 5) is 31.8. The van der Waals surface area contributed by atoms with Crippen LogP contribution in [0.2, 0.25) is 0 Å². The van der Waals surface area contributed by atoms with Gasteiger partial charge in [0.25, 0.3) is 0 Å². The lowest BCUT2D eigenvalue weighted by Crippen LogP contribution is -2.58. The van der Waals surface area contributed by atoms with Gasteiger partial charge in [-0.2, -0.15) is 0 Å². The van der Waals surface area contributed by atoms with Gasteiger partial charge in [0.15, 0.2) is 5.69 Å². The van der Waals surface area contributed by atoms with Gasteiger partial charge in [-0.05, 0) is 80.6 Å². The van der Waals surface area contributed by atoms with Gasteiger partial charge in [-0.25, -0.2) is 4.85 Å². The van der Waals surface area contributed by atoms with Crippen molar-refractivity contribution in [3.8, 4) is 0 Å². The minimum absolute atomic E-state index is 0.0805. The summed E-state index contributed by atoms with van der Waals surface area (Å²) in [5.41, 5.74) is 1.67. The van der Waals surface area contributed by atoms with E-state index in [0.29, 0.717) is 36.5 Å². The van der Waals surface area contributed by atoms with E-state index in [2.05, 4.69) is 10.2 Å². The van der Waals surface area contributed by atoms with Gasteiger partial charge in [0.2, 0.25) is 11.8 Å². The monoisotopic (exact) mass is 419 g/mol. The van der Waals surface area contributed by atoms with Crippen LogP contribution in [0.4, 0.5) is 5.69 Å². The number of hydrogen-bond donors (Lipinski definition) is 1. The summed E-state index contributed by atoms with van der Waals surface area (Å²) >= 11 is 0. The maximum atomic E-state index is 13.3. The van der Waals surface area contributed by atoms with Crippen molar-refractivity contribution in [3.05, 3.63) is 41.2 Å². The van der Waals surface area contributed by atoms with E-state index < -0.39 is 0 Å². The van der Waals surface area contributed by atoms with Crippen molar-refractivity contribution in [1.82, 2.24) is 10.2 Å². The van der Waals surface area contributed by atoms with Crippen LogP contribution in [0.1, 0.15) is 57.4 Å². The predicted octanol–water partition coefficient (Wildman–Crippen LogP) is 4.35. The van der Waals surface area contributed by atoms with Gasteiger partial charge in [-0.3, -0.25) is 9.59 Å². The van der Waals surface area contributed by atoms with Crippen molar-refractivity contribution in [2.75, 3.05) is 6.54 Å². The highest BCUT2D eigenvalue weighted by molar-refractivity contribution is 5.89. The Labute approximate surface area is 185 Å². The molecule has 5 nitrogen and oxygen atoms in total. The van der Waals surface area contributed by atoms with E-state index in [9.17, 15) is 9.59 Å². The minimum Gasteiger partial charge on any atom is -0.351 e. The third-order valence-corrected chi connectivity index (χ3v) is 8.40. The Hall–Kier alpha value is -2.35. The molecule has 1 aliphatic heterocycles. The zero-order valence-electron chi connectivity index (χ0n) is 18.4. The zero-order valence-corrected chi connectivity index (χ0v) is 18.4. The second-order valence-electron chi connectivity index (χ2n) is 10.5. The fraction of sp³-hybridized carbons (Fsp3) is 0.654. The van der Waals surface area contributed by atoms with E-state index in [4.69, 9.17) is 6.57 Å². The van der Waals surface area contributed by atoms with Gasteiger partial charge < -0.3 is 10.2 Å². The Morgan fingerprint density at radius 1 is 1.10 bits per heavy atom. The van der Waals surface area contributed by atoms with Gasteiger partial charge in [-0.1, -0.05) is 31.2 Å². The molecule has 6 rings (SSSR count). The maximum Gasteiger partial charge on any atom is 0.243 e. The standard InChI is InChI=1S/C26H33N3O2/c1-16(10-17-5-7-22(27-2)8-6-17)26(31)29-9-3-4-23(29)25(30)28-24-20-12-18-11-19(14-20)15-21(24)13-18/h5-8,16,18-21,23-24H,3-4,9-15H2,1H3,(H,28,30)/t16-,18?,19?,20?,21?,23+,24?/m0/s1. The molecule has 2 amide bonds. The second-order valence-corrected chi connectivity index (χ2v) is 10.5. The minimum atomic E-state index is -0.309. The van der Waals surface area contributed by atoms with E-state index in [0.717, 1.165) is 30.2 Å². The van der Waals surface area contributed by atoms with Crippen LogP contribution in [0.3, 0.4) is 0 Å². The van der Waals surface area contributed by atoms with Crippen LogP contribution in [-0.2, 0) is 16.0 Å². The van der Waals surface area contributed by atoms with Crippen molar-refractivity contribution in [2.24, 2.45) is 29.6 Å². The lowest BCUT2D eigenvalue weighted by Gasteiger charge is -2.54. The van der Waals surface area contributed by atoms with E-state index in [1.165, 1.54) is 32.1 Å². The van der Waals surface area contributed by atoms with Crippen molar-refractivity contribution < 1.29 is 9.59 Å². The number of amides is 2. The average molecular weight is 420 g/mol. The summed E-state index contributed by atoms with van der Waals surface area (Å²) in [6.45, 7) is 9.71. The molecule has 164 valence electrons. The number of nitrogens with one attached hydrogen (secondary N) is 1. The fourth-order valence-electron chi connectivity index (χ4n) is 7.15. The third-order valence-electron chi connectivity index (χ3n) is 8.40. The summed E-state index contributed by atoms with van der Waals surface area (Å²) in [5.74, 6) is 3.09. The van der Waals surface area contributed by atoms with Crippen LogP contribution >= 0.6 is 0 Å². The van der Waals surface area contributed by atoms with Crippen LogP contribution in [-0.4, -0.2) is 35.3 Å². The molecule has 2 atom stereocenters. The normalized spacial score (nSPS) is 34.4. The molecule has 1 saturated heterocycles. The molecule has 5 heteroatoms. The van der Waals surface area contributed by atoms with E-state index >= 15 is 0 Å². The lowest BCUT2D eigenvalue weighted by molar-refractivity contribution is -0.142. The zero-order chi connectivity index (χ0) is 21.5. The highest BCUT2D eigenvalue weighted by Crippen LogP contribution is 2.53. The third kappa shape index (κ3) is 3.97. The molecule has 5 fully saturated rings. The Morgan fingerprint density at radius 3 is 2.35 bits per heavy atom. The first kappa shape index (κ1) is 20.5. The Kier molecular flexibility index (Phi) is 5.50. The Bertz CT molecular complexity index is 859. The van der Waals surface area contributed by atoms with Gasteiger partial charge in [0, 0.05) is 18.5 Å². The van der Waals surface area contributed by atoms with Crippen molar-refractivity contribution in [2.45, 2.75) is 70.4 Å². The largest absolute Gasteiger partial charge is 0.351 e. The molecular weight excluding hydrogens is 386 g/mol. The van der Waals surface area contributed by atoms with Crippen LogP contribution < -0.4 is 5.32 Å². The molecule has 1 aromatic rings. The Balaban J connectivity index is 1.21. The van der Waals surface area contributed by atoms with Crippen LogP contribution in [0.5, 0.6) is 0 Å². The maximum absolute atomic E-state index is 13.3. The van der Waals surface area contributed by atoms with Crippen molar-refractivity contribution in [1.29, 1.82) is 0 Å². The highest BCUT2D eigenvalue weighted by Gasteiger charge is 2.49. The molecule has 0 aromatic heterocycles. The number of hydrogen-bond acceptors (Lipinski definition) is 2. The number of nitrogens with zero attached hydrogens (tertiary/aromatic N) is 2. The number of benzene rings is 1. The molecule has 0 radical (unpaired) electrons. The van der Waals surface area contributed by atoms with E-state index in [1.807, 2.05) is 24.0 Å². The van der Waals surface area contributed by atoms with Gasteiger partial charge in [0.1, 0.15) is 6.04 Å². The van der Waals surface area contributed by atoms with E-state index in [1.54, 1.807) is 12.1 Å². The lowest BCUT2D eigenvalue weighted by atomic mass is 9.54. The number of carbonyl (C=O) groups is 2. The highest BCUT2D eigenvalue weighted by atomic mass is 16.2. The fourth-order valence-corrected chi connectivity index (χ4v) is 7.15. The van der Waals surface area contributed by atoms with Crippen LogP contribution in [0, 0.1) is 36.2 Å². The summed E-state index contributed by atoms with van der Waals surface area (Å²) in [7, 11) is 0. The van der Waals surface area contributed by atoms with Crippen LogP contribution in [0.25, 0.3) is 4.85 Å². The second kappa shape index (κ2) is 8.30. The summed E-state index contributed by atoms with van der Waals surface area (Å²) < 4.78 is 0. The first-order valence-electron chi connectivity index (χ1n) is 12.1. The predicted molar refractivity (Wildman–Crippen MR) is 119 cm³/mol. The van der Waals surface area contributed by atoms with Gasteiger partial charge in [-0.15, -0.1) is 0 Å². The SMILES string of the molecule is [C-]#[N+]c1ccc(C[C@H](C)C(=O)N2CCC[C@@H]2C(=O)NC2C3CC4CC(C3)CC2C4)cc1. The molecule has 1 N–H and O–H groups in total. The van der Waals surface area contributed by atoms with Crippen molar-refractivity contribution in [3.63, 3.8) is 0 Å². The molecule has 0 unspecified atom stereocenters. The van der Waals surface area contributed by atoms with E-state index in [-0.39, 0.29) is 23.8 Å². The molecule has 4 saturated carbocycles.